The Bertz CT molecular complexity index is 2370. The molecule has 19 heteroatoms. The molecule has 3 fully saturated rings. The molecule has 11 atom stereocenters. The molecule has 77 heavy (non-hydrogen) atoms. The summed E-state index contributed by atoms with van der Waals surface area (Å²) in [4.78, 5) is 135. The summed E-state index contributed by atoms with van der Waals surface area (Å²) in [5.74, 6) is -7.78. The van der Waals surface area contributed by atoms with Crippen LogP contribution in [0.1, 0.15) is 132 Å². The van der Waals surface area contributed by atoms with E-state index >= 15 is 0 Å². The zero-order valence-corrected chi connectivity index (χ0v) is 47.0. The summed E-state index contributed by atoms with van der Waals surface area (Å²) in [5, 5.41) is 31.4. The number of aliphatic hydroxyl groups excluding tert-OH is 1. The molecule has 0 spiro atoms. The molecule has 0 aromatic heterocycles. The number of hydrogen-bond acceptors (Lipinski definition) is 10. The number of hydrogen-bond donors (Lipinski definition) is 8. The summed E-state index contributed by atoms with van der Waals surface area (Å²) >= 11 is 0. The lowest BCUT2D eigenvalue weighted by Crippen LogP contribution is -2.68. The Kier molecular flexibility index (Phi) is 22.6. The maximum absolute atomic E-state index is 14.9. The zero-order chi connectivity index (χ0) is 56.7. The molecule has 2 aromatic rings. The number of aliphatic hydroxyl groups is 1. The Hall–Kier alpha value is -6.37. The third-order valence-corrected chi connectivity index (χ3v) is 15.5. The third kappa shape index (κ3) is 16.1. The van der Waals surface area contributed by atoms with Crippen molar-refractivity contribution < 1.29 is 48.3 Å². The summed E-state index contributed by atoms with van der Waals surface area (Å²) in [5.41, 5.74) is -0.693. The fraction of sp³-hybridized carbons (Fsp3) is 0.638. The van der Waals surface area contributed by atoms with Crippen LogP contribution in [0.15, 0.2) is 60.7 Å². The number of carbonyl (C=O) groups is 9. The highest BCUT2D eigenvalue weighted by Gasteiger charge is 2.47. The molecule has 5 rings (SSSR count). The van der Waals surface area contributed by atoms with Gasteiger partial charge >= 0.3 is 0 Å². The average molecular weight is 1070 g/mol. The second-order valence-electron chi connectivity index (χ2n) is 22.8. The Morgan fingerprint density at radius 2 is 0.974 bits per heavy atom. The molecular weight excluding hydrogens is 983 g/mol. The van der Waals surface area contributed by atoms with Gasteiger partial charge in [0, 0.05) is 25.9 Å². The molecule has 0 aliphatic carbocycles. The van der Waals surface area contributed by atoms with Crippen LogP contribution < -0.4 is 37.2 Å². The van der Waals surface area contributed by atoms with Gasteiger partial charge in [0.25, 0.3) is 0 Å². The quantitative estimate of drug-likeness (QED) is 0.137. The van der Waals surface area contributed by atoms with Gasteiger partial charge < -0.3 is 52.1 Å². The van der Waals surface area contributed by atoms with Crippen molar-refractivity contribution in [1.82, 2.24) is 47.0 Å². The molecule has 424 valence electrons. The first-order valence-corrected chi connectivity index (χ1v) is 28.0. The Morgan fingerprint density at radius 3 is 1.48 bits per heavy atom. The van der Waals surface area contributed by atoms with E-state index in [4.69, 9.17) is 0 Å². The first-order valence-electron chi connectivity index (χ1n) is 28.0. The average Bonchev–Trinajstić information content (AvgIpc) is 4.11. The van der Waals surface area contributed by atoms with Crippen molar-refractivity contribution in [2.45, 2.75) is 187 Å². The van der Waals surface area contributed by atoms with Crippen molar-refractivity contribution in [3.63, 3.8) is 0 Å². The molecule has 3 saturated heterocycles. The minimum Gasteiger partial charge on any atom is -0.393 e. The number of rotatable bonds is 14. The van der Waals surface area contributed by atoms with Gasteiger partial charge in [-0.05, 0) is 79.2 Å². The second kappa shape index (κ2) is 28.3. The molecule has 19 nitrogen and oxygen atoms in total. The summed E-state index contributed by atoms with van der Waals surface area (Å²) in [6, 6.07) is 8.59. The van der Waals surface area contributed by atoms with E-state index in [1.54, 1.807) is 96.1 Å². The van der Waals surface area contributed by atoms with Crippen LogP contribution in [0, 0.1) is 29.6 Å². The van der Waals surface area contributed by atoms with Crippen LogP contribution in [-0.4, -0.2) is 142 Å². The van der Waals surface area contributed by atoms with Gasteiger partial charge in [0.05, 0.1) is 6.61 Å². The topological polar surface area (TPSA) is 265 Å². The van der Waals surface area contributed by atoms with Crippen molar-refractivity contribution in [1.29, 1.82) is 0 Å². The SMILES string of the molecule is CC[C@H](C)[C@@H]1NC(=O)[C@H]([C@@H](C)CC)NC(=O)[C@](CO)(CC(C)C)NC(=O)[C@H](Cc2ccccc2)NC(=O)[C@H](Cc2ccccc2)NC(=O)[C@@H]2CCCN2C(=O)[C@@H]2CCCN2C(=O)[C@H](C(C)C)NC(=O)[C@H](CC(C)C)NC1=O. The predicted molar refractivity (Wildman–Crippen MR) is 292 cm³/mol. The minimum atomic E-state index is -2.04. The van der Waals surface area contributed by atoms with E-state index < -0.39 is 131 Å². The van der Waals surface area contributed by atoms with E-state index in [1.807, 2.05) is 33.8 Å². The van der Waals surface area contributed by atoms with E-state index in [1.165, 1.54) is 9.80 Å². The Labute approximate surface area is 455 Å². The zero-order valence-electron chi connectivity index (χ0n) is 47.0. The lowest BCUT2D eigenvalue weighted by molar-refractivity contribution is -0.148. The highest BCUT2D eigenvalue weighted by molar-refractivity contribution is 6.00. The molecule has 8 N–H and O–H groups in total. The van der Waals surface area contributed by atoms with Gasteiger partial charge in [-0.25, -0.2) is 0 Å². The molecule has 0 saturated carbocycles. The summed E-state index contributed by atoms with van der Waals surface area (Å²) in [7, 11) is 0. The highest BCUT2D eigenvalue weighted by atomic mass is 16.3. The lowest BCUT2D eigenvalue weighted by Gasteiger charge is -2.37. The summed E-state index contributed by atoms with van der Waals surface area (Å²) in [6.45, 7) is 17.7. The molecule has 9 amide bonds. The fourth-order valence-corrected chi connectivity index (χ4v) is 10.7. The van der Waals surface area contributed by atoms with Crippen LogP contribution >= 0.6 is 0 Å². The monoisotopic (exact) mass is 1070 g/mol. The smallest absolute Gasteiger partial charge is 0.248 e. The van der Waals surface area contributed by atoms with Crippen LogP contribution in [0.3, 0.4) is 0 Å². The maximum Gasteiger partial charge on any atom is 0.248 e. The van der Waals surface area contributed by atoms with Crippen LogP contribution in [0.4, 0.5) is 0 Å². The molecule has 0 bridgehead atoms. The second-order valence-corrected chi connectivity index (χ2v) is 22.8. The van der Waals surface area contributed by atoms with Crippen LogP contribution in [0.25, 0.3) is 0 Å². The van der Waals surface area contributed by atoms with Crippen molar-refractivity contribution in [3.05, 3.63) is 71.8 Å². The van der Waals surface area contributed by atoms with E-state index in [2.05, 4.69) is 37.2 Å². The van der Waals surface area contributed by atoms with Crippen LogP contribution in [-0.2, 0) is 56.0 Å². The number of amides is 9. The molecule has 2 aromatic carbocycles. The Morgan fingerprint density at radius 1 is 0.519 bits per heavy atom. The first kappa shape index (κ1) is 61.5. The lowest BCUT2D eigenvalue weighted by atomic mass is 9.86. The molecule has 3 aliphatic heterocycles. The van der Waals surface area contributed by atoms with Gasteiger partial charge in [0.1, 0.15) is 53.9 Å². The molecule has 0 unspecified atom stereocenters. The van der Waals surface area contributed by atoms with Crippen molar-refractivity contribution >= 4 is 53.2 Å². The van der Waals surface area contributed by atoms with Gasteiger partial charge in [-0.3, -0.25) is 43.2 Å². The number of fused-ring (bicyclic) bond motifs is 2. The standard InChI is InChI=1S/C58H87N9O10/c1-11-37(9)47-53(73)61-41(29-34(3)4)50(70)62-46(36(7)8)56(76)67-28-20-26-45(67)55(75)66-27-19-25-44(66)52(72)60-42(30-39-21-15-13-16-22-39)49(69)59-43(31-40-23-17-14-18-24-40)51(71)65-58(33-68,32-35(5)6)57(77)64-48(38(10)12-2)54(74)63-47/h13-18,21-24,34-38,41-48,68H,11-12,19-20,25-33H2,1-10H3,(H,59,69)(H,60,72)(H,61,73)(H,62,70)(H,63,74)(H,64,77)(H,65,71)/t37-,38-,41-,42-,43-,44-,45-,46-,47-,48-,58+/m0/s1. The maximum atomic E-state index is 14.9. The number of nitrogens with zero attached hydrogens (tertiary/aromatic N) is 2. The Balaban J connectivity index is 1.64. The van der Waals surface area contributed by atoms with Crippen LogP contribution in [0.2, 0.25) is 0 Å². The van der Waals surface area contributed by atoms with E-state index in [9.17, 15) is 48.3 Å². The van der Waals surface area contributed by atoms with Gasteiger partial charge in [-0.15, -0.1) is 0 Å². The third-order valence-electron chi connectivity index (χ3n) is 15.5. The number of carbonyl (C=O) groups excluding carboxylic acids is 9. The number of nitrogens with one attached hydrogen (secondary N) is 7. The minimum absolute atomic E-state index is 0.00158. The van der Waals surface area contributed by atoms with E-state index in [-0.39, 0.29) is 57.0 Å². The number of benzene rings is 2. The predicted octanol–water partition coefficient (Wildman–Crippen LogP) is 3.06. The normalized spacial score (nSPS) is 27.9. The van der Waals surface area contributed by atoms with Gasteiger partial charge in [0.15, 0.2) is 0 Å². The molecule has 3 heterocycles. The fourth-order valence-electron chi connectivity index (χ4n) is 10.7. The van der Waals surface area contributed by atoms with Gasteiger partial charge in [0.2, 0.25) is 53.2 Å². The summed E-state index contributed by atoms with van der Waals surface area (Å²) in [6.07, 6.45) is 2.42. The van der Waals surface area contributed by atoms with Crippen molar-refractivity contribution in [2.24, 2.45) is 29.6 Å². The van der Waals surface area contributed by atoms with Gasteiger partial charge in [-0.1, -0.05) is 143 Å². The largest absolute Gasteiger partial charge is 0.393 e. The van der Waals surface area contributed by atoms with Crippen LogP contribution in [0.5, 0.6) is 0 Å². The van der Waals surface area contributed by atoms with E-state index in [0.717, 1.165) is 0 Å². The molecule has 3 aliphatic rings. The van der Waals surface area contributed by atoms with E-state index in [0.29, 0.717) is 43.2 Å². The first-order chi connectivity index (χ1) is 36.5. The van der Waals surface area contributed by atoms with Gasteiger partial charge in [-0.2, -0.15) is 0 Å². The summed E-state index contributed by atoms with van der Waals surface area (Å²) < 4.78 is 0. The molecular formula is C58H87N9O10. The highest BCUT2D eigenvalue weighted by Crippen LogP contribution is 2.28. The molecule has 0 radical (unpaired) electrons. The van der Waals surface area contributed by atoms with Crippen molar-refractivity contribution in [3.8, 4) is 0 Å². The van der Waals surface area contributed by atoms with Crippen molar-refractivity contribution in [2.75, 3.05) is 19.7 Å².